The summed E-state index contributed by atoms with van der Waals surface area (Å²) in [6, 6.07) is 10.6. The van der Waals surface area contributed by atoms with Crippen LogP contribution in [0, 0.1) is 0 Å². The van der Waals surface area contributed by atoms with E-state index in [1.807, 2.05) is 50.3 Å². The van der Waals surface area contributed by atoms with Crippen LogP contribution in [0.25, 0.3) is 0 Å². The summed E-state index contributed by atoms with van der Waals surface area (Å²) in [6.45, 7) is 0.681. The molecule has 0 aliphatic carbocycles. The van der Waals surface area contributed by atoms with Gasteiger partial charge in [0.05, 0.1) is 0 Å². The quantitative estimate of drug-likeness (QED) is 0.805. The van der Waals surface area contributed by atoms with Crippen LogP contribution in [0.2, 0.25) is 0 Å². The molecule has 1 heterocycles. The standard InChI is InChI=1S/C17H23N3O4/c1-18(2)13-6-8-14(9-7-13)19(3)12-4-5-17(23)24-20-15(21)10-11-16(20)22/h6-11,21-22H,4-5,12H2,1-3H3. The Labute approximate surface area is 141 Å². The van der Waals surface area contributed by atoms with E-state index in [1.54, 1.807) is 0 Å². The van der Waals surface area contributed by atoms with Crippen molar-refractivity contribution in [1.82, 2.24) is 4.73 Å². The fraction of sp³-hybridized carbons (Fsp3) is 0.353. The zero-order valence-electron chi connectivity index (χ0n) is 14.1. The molecule has 0 fully saturated rings. The van der Waals surface area contributed by atoms with Gasteiger partial charge < -0.3 is 24.9 Å². The Balaban J connectivity index is 1.79. The number of aromatic nitrogens is 1. The molecular weight excluding hydrogens is 310 g/mol. The number of benzene rings is 1. The molecule has 130 valence electrons. The molecule has 2 rings (SSSR count). The average molecular weight is 333 g/mol. The monoisotopic (exact) mass is 333 g/mol. The van der Waals surface area contributed by atoms with Crippen molar-refractivity contribution in [3.8, 4) is 11.8 Å². The van der Waals surface area contributed by atoms with Gasteiger partial charge in [-0.15, -0.1) is 4.73 Å². The maximum atomic E-state index is 11.8. The Bertz CT molecular complexity index is 660. The number of carbonyl (C=O) groups is 1. The first-order valence-electron chi connectivity index (χ1n) is 7.68. The van der Waals surface area contributed by atoms with Gasteiger partial charge in [-0.3, -0.25) is 0 Å². The molecule has 0 unspecified atom stereocenters. The topological polar surface area (TPSA) is 78.2 Å². The van der Waals surface area contributed by atoms with E-state index in [-0.39, 0.29) is 18.2 Å². The van der Waals surface area contributed by atoms with Crippen molar-refractivity contribution < 1.29 is 19.8 Å². The molecule has 0 aliphatic rings. The van der Waals surface area contributed by atoms with Crippen LogP contribution in [-0.2, 0) is 4.79 Å². The lowest BCUT2D eigenvalue weighted by Gasteiger charge is -2.20. The van der Waals surface area contributed by atoms with Crippen LogP contribution in [0.5, 0.6) is 11.8 Å². The summed E-state index contributed by atoms with van der Waals surface area (Å²) in [4.78, 5) is 20.7. The maximum Gasteiger partial charge on any atom is 0.333 e. The maximum absolute atomic E-state index is 11.8. The molecule has 7 heteroatoms. The van der Waals surface area contributed by atoms with E-state index in [0.717, 1.165) is 11.4 Å². The van der Waals surface area contributed by atoms with Gasteiger partial charge in [-0.2, -0.15) is 0 Å². The van der Waals surface area contributed by atoms with Gasteiger partial charge in [0.25, 0.3) is 0 Å². The minimum atomic E-state index is -0.520. The van der Waals surface area contributed by atoms with Crippen LogP contribution in [0.1, 0.15) is 12.8 Å². The number of hydrogen-bond donors (Lipinski definition) is 2. The third kappa shape index (κ3) is 4.34. The lowest BCUT2D eigenvalue weighted by Crippen LogP contribution is -2.22. The van der Waals surface area contributed by atoms with Crippen LogP contribution >= 0.6 is 0 Å². The second kappa shape index (κ2) is 7.63. The Morgan fingerprint density at radius 1 is 1.00 bits per heavy atom. The second-order valence-corrected chi connectivity index (χ2v) is 5.74. The summed E-state index contributed by atoms with van der Waals surface area (Å²) in [5.74, 6) is -1.16. The number of carbonyl (C=O) groups excluding carboxylic acids is 1. The lowest BCUT2D eigenvalue weighted by molar-refractivity contribution is -0.145. The Morgan fingerprint density at radius 3 is 2.08 bits per heavy atom. The van der Waals surface area contributed by atoms with Gasteiger partial charge in [-0.05, 0) is 30.7 Å². The van der Waals surface area contributed by atoms with Gasteiger partial charge in [-0.25, -0.2) is 4.79 Å². The molecule has 0 saturated heterocycles. The fourth-order valence-corrected chi connectivity index (χ4v) is 2.24. The molecule has 1 aromatic carbocycles. The minimum Gasteiger partial charge on any atom is -0.492 e. The van der Waals surface area contributed by atoms with Crippen molar-refractivity contribution in [1.29, 1.82) is 0 Å². The molecule has 0 bridgehead atoms. The third-order valence-corrected chi connectivity index (χ3v) is 3.67. The van der Waals surface area contributed by atoms with Crippen molar-refractivity contribution in [3.63, 3.8) is 0 Å². The van der Waals surface area contributed by atoms with Crippen molar-refractivity contribution in [2.24, 2.45) is 0 Å². The average Bonchev–Trinajstić information content (AvgIpc) is 2.86. The smallest absolute Gasteiger partial charge is 0.333 e. The van der Waals surface area contributed by atoms with Gasteiger partial charge in [0.2, 0.25) is 11.8 Å². The summed E-state index contributed by atoms with van der Waals surface area (Å²) in [5, 5.41) is 18.8. The fourth-order valence-electron chi connectivity index (χ4n) is 2.24. The zero-order chi connectivity index (χ0) is 17.7. The van der Waals surface area contributed by atoms with Crippen LogP contribution in [-0.4, -0.2) is 48.6 Å². The molecule has 0 spiro atoms. The van der Waals surface area contributed by atoms with E-state index >= 15 is 0 Å². The number of nitrogens with zero attached hydrogens (tertiary/aromatic N) is 3. The van der Waals surface area contributed by atoms with Crippen molar-refractivity contribution >= 4 is 17.3 Å². The summed E-state index contributed by atoms with van der Waals surface area (Å²) in [6.07, 6.45) is 0.769. The molecule has 0 amide bonds. The van der Waals surface area contributed by atoms with Gasteiger partial charge >= 0.3 is 5.97 Å². The van der Waals surface area contributed by atoms with E-state index in [1.165, 1.54) is 12.1 Å². The number of hydrogen-bond acceptors (Lipinski definition) is 6. The number of aromatic hydroxyl groups is 2. The number of rotatable bonds is 7. The molecule has 24 heavy (non-hydrogen) atoms. The Kier molecular flexibility index (Phi) is 5.57. The molecule has 0 radical (unpaired) electrons. The summed E-state index contributed by atoms with van der Waals surface area (Å²) < 4.78 is 0.700. The largest absolute Gasteiger partial charge is 0.492 e. The van der Waals surface area contributed by atoms with Gasteiger partial charge in [0.15, 0.2) is 0 Å². The van der Waals surface area contributed by atoms with Gasteiger partial charge in [0.1, 0.15) is 0 Å². The highest BCUT2D eigenvalue weighted by Gasteiger charge is 2.12. The first-order valence-corrected chi connectivity index (χ1v) is 7.68. The van der Waals surface area contributed by atoms with E-state index in [9.17, 15) is 15.0 Å². The second-order valence-electron chi connectivity index (χ2n) is 5.74. The molecule has 0 saturated carbocycles. The molecule has 0 aliphatic heterocycles. The highest BCUT2D eigenvalue weighted by atomic mass is 16.7. The predicted molar refractivity (Wildman–Crippen MR) is 92.6 cm³/mol. The molecule has 0 atom stereocenters. The van der Waals surface area contributed by atoms with E-state index < -0.39 is 5.97 Å². The molecule has 1 aromatic heterocycles. The lowest BCUT2D eigenvalue weighted by atomic mass is 10.2. The summed E-state index contributed by atoms with van der Waals surface area (Å²) in [5.41, 5.74) is 2.19. The highest BCUT2D eigenvalue weighted by molar-refractivity contribution is 5.70. The number of anilines is 2. The van der Waals surface area contributed by atoms with E-state index in [2.05, 4.69) is 4.90 Å². The van der Waals surface area contributed by atoms with Gasteiger partial charge in [0, 0.05) is 57.6 Å². The molecule has 2 N–H and O–H groups in total. The molecule has 2 aromatic rings. The normalized spacial score (nSPS) is 10.5. The van der Waals surface area contributed by atoms with Crippen LogP contribution in [0.3, 0.4) is 0 Å². The third-order valence-electron chi connectivity index (χ3n) is 3.67. The predicted octanol–water partition coefficient (Wildman–Crippen LogP) is 1.84. The van der Waals surface area contributed by atoms with Crippen molar-refractivity contribution in [2.75, 3.05) is 37.5 Å². The SMILES string of the molecule is CN(C)c1ccc(N(C)CCCC(=O)On2c(O)ccc2O)cc1. The van der Waals surface area contributed by atoms with Crippen molar-refractivity contribution in [3.05, 3.63) is 36.4 Å². The van der Waals surface area contributed by atoms with Crippen LogP contribution in [0.15, 0.2) is 36.4 Å². The molecular formula is C17H23N3O4. The Hall–Kier alpha value is -2.83. The molecule has 7 nitrogen and oxygen atoms in total. The first-order chi connectivity index (χ1) is 11.4. The van der Waals surface area contributed by atoms with Gasteiger partial charge in [-0.1, -0.05) is 0 Å². The highest BCUT2D eigenvalue weighted by Crippen LogP contribution is 2.20. The van der Waals surface area contributed by atoms with Crippen LogP contribution in [0.4, 0.5) is 11.4 Å². The Morgan fingerprint density at radius 2 is 1.54 bits per heavy atom. The summed E-state index contributed by atoms with van der Waals surface area (Å²) >= 11 is 0. The van der Waals surface area contributed by atoms with E-state index in [0.29, 0.717) is 17.7 Å². The summed E-state index contributed by atoms with van der Waals surface area (Å²) in [7, 11) is 5.94. The zero-order valence-corrected chi connectivity index (χ0v) is 14.1. The first kappa shape index (κ1) is 17.5. The van der Waals surface area contributed by atoms with E-state index in [4.69, 9.17) is 4.84 Å². The minimum absolute atomic E-state index is 0.178. The van der Waals surface area contributed by atoms with Crippen molar-refractivity contribution in [2.45, 2.75) is 12.8 Å². The van der Waals surface area contributed by atoms with Crippen LogP contribution < -0.4 is 14.6 Å².